The lowest BCUT2D eigenvalue weighted by Gasteiger charge is -2.27. The number of fused-ring (bicyclic) bond motifs is 2. The molecule has 5 nitrogen and oxygen atoms in total. The lowest BCUT2D eigenvalue weighted by atomic mass is 9.95. The van der Waals surface area contributed by atoms with Crippen molar-refractivity contribution in [2.75, 3.05) is 10.8 Å². The van der Waals surface area contributed by atoms with Gasteiger partial charge in [-0.05, 0) is 61.4 Å². The van der Waals surface area contributed by atoms with E-state index in [0.717, 1.165) is 23.6 Å². The second-order valence-electron chi connectivity index (χ2n) is 7.80. The SMILES string of the molecule is O=C(CN(c1cc(Cl)cc(Cl)c1)S(=O)(=O)c1ccccc1)N[C@@H]1C[C@@H]2CC[C@H]1C2. The summed E-state index contributed by atoms with van der Waals surface area (Å²) in [5, 5.41) is 3.65. The number of amides is 1. The average molecular weight is 453 g/mol. The van der Waals surface area contributed by atoms with Crippen molar-refractivity contribution in [3.63, 3.8) is 0 Å². The molecule has 2 aromatic carbocycles. The zero-order valence-corrected chi connectivity index (χ0v) is 18.1. The van der Waals surface area contributed by atoms with E-state index in [1.54, 1.807) is 18.2 Å². The van der Waals surface area contributed by atoms with Crippen LogP contribution in [0.5, 0.6) is 0 Å². The lowest BCUT2D eigenvalue weighted by Crippen LogP contribution is -2.46. The summed E-state index contributed by atoms with van der Waals surface area (Å²) in [7, 11) is -3.97. The van der Waals surface area contributed by atoms with Crippen LogP contribution >= 0.6 is 23.2 Å². The van der Waals surface area contributed by atoms with Gasteiger partial charge in [0.05, 0.1) is 10.6 Å². The highest BCUT2D eigenvalue weighted by atomic mass is 35.5. The normalized spacial score (nSPS) is 23.2. The first-order valence-corrected chi connectivity index (χ1v) is 11.9. The summed E-state index contributed by atoms with van der Waals surface area (Å²) in [5.74, 6) is 0.864. The van der Waals surface area contributed by atoms with Crippen LogP contribution in [0, 0.1) is 11.8 Å². The van der Waals surface area contributed by atoms with Gasteiger partial charge in [-0.1, -0.05) is 47.8 Å². The summed E-state index contributed by atoms with van der Waals surface area (Å²) in [6, 6.07) is 12.7. The van der Waals surface area contributed by atoms with E-state index < -0.39 is 10.0 Å². The van der Waals surface area contributed by atoms with Gasteiger partial charge in [0, 0.05) is 16.1 Å². The Morgan fingerprint density at radius 2 is 1.72 bits per heavy atom. The minimum Gasteiger partial charge on any atom is -0.352 e. The van der Waals surface area contributed by atoms with E-state index in [2.05, 4.69) is 5.32 Å². The molecule has 0 spiro atoms. The van der Waals surface area contributed by atoms with E-state index in [9.17, 15) is 13.2 Å². The molecule has 0 radical (unpaired) electrons. The van der Waals surface area contributed by atoms with Crippen molar-refractivity contribution in [1.82, 2.24) is 5.32 Å². The van der Waals surface area contributed by atoms with Gasteiger partial charge in [0.1, 0.15) is 6.54 Å². The maximum Gasteiger partial charge on any atom is 0.264 e. The molecule has 154 valence electrons. The molecule has 0 aliphatic heterocycles. The Bertz CT molecular complexity index is 994. The number of halogens is 2. The Kier molecular flexibility index (Phi) is 5.78. The minimum atomic E-state index is -3.97. The van der Waals surface area contributed by atoms with Crippen LogP contribution in [0.3, 0.4) is 0 Å². The molecule has 1 amide bonds. The maximum atomic E-state index is 13.3. The monoisotopic (exact) mass is 452 g/mol. The number of carbonyl (C=O) groups excluding carboxylic acids is 1. The van der Waals surface area contributed by atoms with Crippen LogP contribution in [0.1, 0.15) is 25.7 Å². The number of carbonyl (C=O) groups is 1. The van der Waals surface area contributed by atoms with E-state index >= 15 is 0 Å². The van der Waals surface area contributed by atoms with Gasteiger partial charge < -0.3 is 5.32 Å². The highest BCUT2D eigenvalue weighted by Gasteiger charge is 2.40. The summed E-state index contributed by atoms with van der Waals surface area (Å²) in [6.07, 6.45) is 4.49. The van der Waals surface area contributed by atoms with E-state index in [-0.39, 0.29) is 29.1 Å². The van der Waals surface area contributed by atoms with Crippen LogP contribution in [-0.2, 0) is 14.8 Å². The standard InChI is InChI=1S/C21H22Cl2N2O3S/c22-16-10-17(23)12-18(11-16)25(29(27,28)19-4-2-1-3-5-19)13-21(26)24-20-9-14-6-7-15(20)8-14/h1-5,10-12,14-15,20H,6-9,13H2,(H,24,26)/t14-,15+,20-/m1/s1. The highest BCUT2D eigenvalue weighted by molar-refractivity contribution is 7.92. The topological polar surface area (TPSA) is 66.5 Å². The Morgan fingerprint density at radius 1 is 1.03 bits per heavy atom. The van der Waals surface area contributed by atoms with Crippen LogP contribution in [0.25, 0.3) is 0 Å². The van der Waals surface area contributed by atoms with Gasteiger partial charge >= 0.3 is 0 Å². The molecule has 2 fully saturated rings. The Labute approximate surface area is 181 Å². The zero-order chi connectivity index (χ0) is 20.6. The van der Waals surface area contributed by atoms with Gasteiger partial charge in [0.25, 0.3) is 10.0 Å². The smallest absolute Gasteiger partial charge is 0.264 e. The van der Waals surface area contributed by atoms with Crippen molar-refractivity contribution >= 4 is 44.8 Å². The number of benzene rings is 2. The predicted octanol–water partition coefficient (Wildman–Crippen LogP) is 4.49. The fraction of sp³-hybridized carbons (Fsp3) is 0.381. The number of sulfonamides is 1. The van der Waals surface area contributed by atoms with Gasteiger partial charge in [0.15, 0.2) is 0 Å². The molecule has 2 aliphatic rings. The molecule has 2 saturated carbocycles. The summed E-state index contributed by atoms with van der Waals surface area (Å²) in [5.41, 5.74) is 0.259. The van der Waals surface area contributed by atoms with Gasteiger partial charge in [-0.25, -0.2) is 8.42 Å². The predicted molar refractivity (Wildman–Crippen MR) is 115 cm³/mol. The molecule has 0 saturated heterocycles. The summed E-state index contributed by atoms with van der Waals surface area (Å²) in [6.45, 7) is -0.332. The number of anilines is 1. The highest BCUT2D eigenvalue weighted by Crippen LogP contribution is 2.44. The van der Waals surface area contributed by atoms with Crippen LogP contribution in [0.2, 0.25) is 10.0 Å². The molecular weight excluding hydrogens is 431 g/mol. The summed E-state index contributed by atoms with van der Waals surface area (Å²) in [4.78, 5) is 12.9. The largest absolute Gasteiger partial charge is 0.352 e. The first kappa shape index (κ1) is 20.5. The van der Waals surface area contributed by atoms with E-state index in [1.807, 2.05) is 0 Å². The third-order valence-corrected chi connectivity index (χ3v) is 8.06. The number of nitrogens with one attached hydrogen (secondary N) is 1. The first-order chi connectivity index (χ1) is 13.8. The Morgan fingerprint density at radius 3 is 2.31 bits per heavy atom. The molecule has 29 heavy (non-hydrogen) atoms. The number of rotatable bonds is 6. The van der Waals surface area contributed by atoms with Gasteiger partial charge in [-0.3, -0.25) is 9.10 Å². The quantitative estimate of drug-likeness (QED) is 0.701. The molecular formula is C21H22Cl2N2O3S. The molecule has 1 N–H and O–H groups in total. The van der Waals surface area contributed by atoms with Gasteiger partial charge in [-0.15, -0.1) is 0 Å². The van der Waals surface area contributed by atoms with Gasteiger partial charge in [-0.2, -0.15) is 0 Å². The number of hydrogen-bond donors (Lipinski definition) is 1. The van der Waals surface area contributed by atoms with Crippen LogP contribution < -0.4 is 9.62 Å². The molecule has 2 aromatic rings. The average Bonchev–Trinajstić information content (AvgIpc) is 3.29. The maximum absolute atomic E-state index is 13.3. The Hall–Kier alpha value is -1.76. The molecule has 2 bridgehead atoms. The van der Waals surface area contributed by atoms with E-state index in [0.29, 0.717) is 21.9 Å². The third-order valence-electron chi connectivity index (χ3n) is 5.84. The first-order valence-electron chi connectivity index (χ1n) is 9.66. The Balaban J connectivity index is 1.62. The second kappa shape index (κ2) is 8.17. The fourth-order valence-electron chi connectivity index (χ4n) is 4.52. The number of hydrogen-bond acceptors (Lipinski definition) is 3. The third kappa shape index (κ3) is 4.39. The number of nitrogens with zero attached hydrogens (tertiary/aromatic N) is 1. The van der Waals surface area contributed by atoms with Gasteiger partial charge in [0.2, 0.25) is 5.91 Å². The second-order valence-corrected chi connectivity index (χ2v) is 10.5. The van der Waals surface area contributed by atoms with Crippen LogP contribution in [0.4, 0.5) is 5.69 Å². The molecule has 8 heteroatoms. The molecule has 4 rings (SSSR count). The van der Waals surface area contributed by atoms with E-state index in [4.69, 9.17) is 23.2 Å². The lowest BCUT2D eigenvalue weighted by molar-refractivity contribution is -0.120. The summed E-state index contributed by atoms with van der Waals surface area (Å²) < 4.78 is 27.7. The molecule has 0 unspecified atom stereocenters. The van der Waals surface area contributed by atoms with Crippen LogP contribution in [0.15, 0.2) is 53.4 Å². The molecule has 2 aliphatic carbocycles. The summed E-state index contributed by atoms with van der Waals surface area (Å²) >= 11 is 12.2. The molecule has 3 atom stereocenters. The van der Waals surface area contributed by atoms with Crippen molar-refractivity contribution < 1.29 is 13.2 Å². The van der Waals surface area contributed by atoms with Crippen molar-refractivity contribution in [2.24, 2.45) is 11.8 Å². The minimum absolute atomic E-state index is 0.101. The van der Waals surface area contributed by atoms with Crippen molar-refractivity contribution in [3.05, 3.63) is 58.6 Å². The molecule has 0 heterocycles. The van der Waals surface area contributed by atoms with E-state index in [1.165, 1.54) is 36.8 Å². The van der Waals surface area contributed by atoms with Crippen molar-refractivity contribution in [2.45, 2.75) is 36.6 Å². The fourth-order valence-corrected chi connectivity index (χ4v) is 6.46. The zero-order valence-electron chi connectivity index (χ0n) is 15.7. The molecule has 0 aromatic heterocycles. The van der Waals surface area contributed by atoms with Crippen molar-refractivity contribution in [1.29, 1.82) is 0 Å². The van der Waals surface area contributed by atoms with Crippen LogP contribution in [-0.4, -0.2) is 26.9 Å². The van der Waals surface area contributed by atoms with Crippen molar-refractivity contribution in [3.8, 4) is 0 Å².